The first-order chi connectivity index (χ1) is 10.2. The molecule has 0 aliphatic heterocycles. The van der Waals surface area contributed by atoms with Crippen LogP contribution in [0.4, 0.5) is 5.69 Å². The Labute approximate surface area is 129 Å². The lowest BCUT2D eigenvalue weighted by atomic mass is 10.0. The van der Waals surface area contributed by atoms with Crippen molar-refractivity contribution >= 4 is 17.3 Å². The minimum Gasteiger partial charge on any atom is -0.497 e. The average molecular weight is 307 g/mol. The molecule has 21 heavy (non-hydrogen) atoms. The molecule has 0 aromatic heterocycles. The Bertz CT molecular complexity index is 605. The third kappa shape index (κ3) is 3.80. The molecule has 2 aromatic rings. The summed E-state index contributed by atoms with van der Waals surface area (Å²) in [6.45, 7) is 0.426. The number of nitrogens with two attached hydrogens (primary N) is 1. The van der Waals surface area contributed by atoms with Crippen LogP contribution in [0.1, 0.15) is 11.6 Å². The number of anilines is 1. The summed E-state index contributed by atoms with van der Waals surface area (Å²) in [5, 5.41) is 4.05. The number of hydrogen-bond acceptors (Lipinski definition) is 4. The Kier molecular flexibility index (Phi) is 5.31. The Morgan fingerprint density at radius 1 is 1.14 bits per heavy atom. The highest BCUT2D eigenvalue weighted by Crippen LogP contribution is 2.31. The molecule has 0 radical (unpaired) electrons. The van der Waals surface area contributed by atoms with Crippen LogP contribution in [0.15, 0.2) is 42.5 Å². The number of ether oxygens (including phenoxy) is 2. The maximum atomic E-state index is 6.00. The van der Waals surface area contributed by atoms with E-state index in [2.05, 4.69) is 5.32 Å². The van der Waals surface area contributed by atoms with E-state index in [4.69, 9.17) is 26.8 Å². The van der Waals surface area contributed by atoms with Crippen LogP contribution in [0.2, 0.25) is 5.02 Å². The van der Waals surface area contributed by atoms with Crippen LogP contribution in [-0.4, -0.2) is 20.8 Å². The van der Waals surface area contributed by atoms with Crippen molar-refractivity contribution in [3.63, 3.8) is 0 Å². The standard InChI is InChI=1S/C16H19ClN2O2/c1-20-13-6-7-14(16(9-13)21-2)15(10-18)19-12-5-3-4-11(17)8-12/h3-9,15,19H,10,18H2,1-2H3. The van der Waals surface area contributed by atoms with Crippen molar-refractivity contribution in [1.29, 1.82) is 0 Å². The fourth-order valence-electron chi connectivity index (χ4n) is 2.15. The first kappa shape index (κ1) is 15.5. The molecule has 0 heterocycles. The van der Waals surface area contributed by atoms with Gasteiger partial charge in [-0.15, -0.1) is 0 Å². The summed E-state index contributed by atoms with van der Waals surface area (Å²) < 4.78 is 10.6. The molecular weight excluding hydrogens is 288 g/mol. The van der Waals surface area contributed by atoms with Gasteiger partial charge in [-0.2, -0.15) is 0 Å². The molecule has 2 rings (SSSR count). The summed E-state index contributed by atoms with van der Waals surface area (Å²) in [6.07, 6.45) is 0. The maximum Gasteiger partial charge on any atom is 0.127 e. The van der Waals surface area contributed by atoms with Gasteiger partial charge < -0.3 is 20.5 Å². The molecule has 5 heteroatoms. The first-order valence-electron chi connectivity index (χ1n) is 6.62. The molecule has 112 valence electrons. The molecule has 2 aromatic carbocycles. The van der Waals surface area contributed by atoms with E-state index in [0.717, 1.165) is 22.7 Å². The predicted octanol–water partition coefficient (Wildman–Crippen LogP) is 3.47. The van der Waals surface area contributed by atoms with Crippen molar-refractivity contribution in [1.82, 2.24) is 0 Å². The monoisotopic (exact) mass is 306 g/mol. The molecule has 4 nitrogen and oxygen atoms in total. The van der Waals surface area contributed by atoms with Gasteiger partial charge in [0.1, 0.15) is 11.5 Å². The number of hydrogen-bond donors (Lipinski definition) is 2. The van der Waals surface area contributed by atoms with Gasteiger partial charge >= 0.3 is 0 Å². The van der Waals surface area contributed by atoms with Crippen molar-refractivity contribution in [2.45, 2.75) is 6.04 Å². The van der Waals surface area contributed by atoms with Gasteiger partial charge in [-0.1, -0.05) is 17.7 Å². The molecule has 0 bridgehead atoms. The van der Waals surface area contributed by atoms with Gasteiger partial charge in [-0.05, 0) is 30.3 Å². The van der Waals surface area contributed by atoms with Crippen LogP contribution in [0.25, 0.3) is 0 Å². The molecule has 0 amide bonds. The fourth-order valence-corrected chi connectivity index (χ4v) is 2.34. The van der Waals surface area contributed by atoms with E-state index < -0.39 is 0 Å². The Balaban J connectivity index is 2.28. The van der Waals surface area contributed by atoms with Crippen molar-refractivity contribution in [3.05, 3.63) is 53.1 Å². The molecule has 0 aliphatic carbocycles. The topological polar surface area (TPSA) is 56.5 Å². The number of benzene rings is 2. The quantitative estimate of drug-likeness (QED) is 0.858. The van der Waals surface area contributed by atoms with Crippen LogP contribution in [-0.2, 0) is 0 Å². The minimum absolute atomic E-state index is 0.0793. The molecule has 1 atom stereocenters. The zero-order chi connectivity index (χ0) is 15.2. The second-order valence-electron chi connectivity index (χ2n) is 4.55. The van der Waals surface area contributed by atoms with Gasteiger partial charge in [-0.3, -0.25) is 0 Å². The zero-order valence-corrected chi connectivity index (χ0v) is 12.9. The summed E-state index contributed by atoms with van der Waals surface area (Å²) >= 11 is 6.00. The van der Waals surface area contributed by atoms with Crippen LogP contribution in [0, 0.1) is 0 Å². The van der Waals surface area contributed by atoms with Gasteiger partial charge in [0.25, 0.3) is 0 Å². The van der Waals surface area contributed by atoms with Crippen LogP contribution in [0.5, 0.6) is 11.5 Å². The van der Waals surface area contributed by atoms with E-state index in [1.807, 2.05) is 42.5 Å². The number of halogens is 1. The fraction of sp³-hybridized carbons (Fsp3) is 0.250. The van der Waals surface area contributed by atoms with E-state index in [1.54, 1.807) is 14.2 Å². The largest absolute Gasteiger partial charge is 0.497 e. The maximum absolute atomic E-state index is 6.00. The molecule has 0 aliphatic rings. The van der Waals surface area contributed by atoms with E-state index >= 15 is 0 Å². The summed E-state index contributed by atoms with van der Waals surface area (Å²) in [6, 6.07) is 13.1. The van der Waals surface area contributed by atoms with Crippen LogP contribution >= 0.6 is 11.6 Å². The van der Waals surface area contributed by atoms with Gasteiger partial charge in [0, 0.05) is 28.9 Å². The second kappa shape index (κ2) is 7.20. The molecule has 3 N–H and O–H groups in total. The third-order valence-corrected chi connectivity index (χ3v) is 3.45. The normalized spacial score (nSPS) is 11.8. The molecule has 0 fully saturated rings. The summed E-state index contributed by atoms with van der Waals surface area (Å²) in [7, 11) is 3.25. The van der Waals surface area contributed by atoms with Crippen LogP contribution < -0.4 is 20.5 Å². The van der Waals surface area contributed by atoms with Gasteiger partial charge in [0.15, 0.2) is 0 Å². The lowest BCUT2D eigenvalue weighted by Gasteiger charge is -2.21. The average Bonchev–Trinajstić information content (AvgIpc) is 2.52. The van der Waals surface area contributed by atoms with Crippen LogP contribution in [0.3, 0.4) is 0 Å². The third-order valence-electron chi connectivity index (χ3n) is 3.22. The molecular formula is C16H19ClN2O2. The van der Waals surface area contributed by atoms with Crippen molar-refractivity contribution < 1.29 is 9.47 Å². The minimum atomic E-state index is -0.0793. The highest BCUT2D eigenvalue weighted by molar-refractivity contribution is 6.30. The smallest absolute Gasteiger partial charge is 0.127 e. The zero-order valence-electron chi connectivity index (χ0n) is 12.1. The Morgan fingerprint density at radius 2 is 1.95 bits per heavy atom. The highest BCUT2D eigenvalue weighted by atomic mass is 35.5. The second-order valence-corrected chi connectivity index (χ2v) is 4.99. The summed E-state index contributed by atoms with van der Waals surface area (Å²) in [5.41, 5.74) is 7.79. The summed E-state index contributed by atoms with van der Waals surface area (Å²) in [4.78, 5) is 0. The molecule has 0 saturated heterocycles. The molecule has 0 saturated carbocycles. The van der Waals surface area contributed by atoms with E-state index in [0.29, 0.717) is 11.6 Å². The van der Waals surface area contributed by atoms with E-state index in [-0.39, 0.29) is 6.04 Å². The lowest BCUT2D eigenvalue weighted by Crippen LogP contribution is -2.21. The highest BCUT2D eigenvalue weighted by Gasteiger charge is 2.15. The van der Waals surface area contributed by atoms with Gasteiger partial charge in [0.2, 0.25) is 0 Å². The summed E-state index contributed by atoms with van der Waals surface area (Å²) in [5.74, 6) is 1.48. The number of rotatable bonds is 6. The number of methoxy groups -OCH3 is 2. The van der Waals surface area contributed by atoms with E-state index in [9.17, 15) is 0 Å². The Hall–Kier alpha value is -1.91. The lowest BCUT2D eigenvalue weighted by molar-refractivity contribution is 0.389. The van der Waals surface area contributed by atoms with Crippen molar-refractivity contribution in [2.24, 2.45) is 5.73 Å². The Morgan fingerprint density at radius 3 is 2.57 bits per heavy atom. The van der Waals surface area contributed by atoms with Crippen molar-refractivity contribution in [2.75, 3.05) is 26.1 Å². The molecule has 0 spiro atoms. The SMILES string of the molecule is COc1ccc(C(CN)Nc2cccc(Cl)c2)c(OC)c1. The number of nitrogens with one attached hydrogen (secondary N) is 1. The first-order valence-corrected chi connectivity index (χ1v) is 6.99. The molecule has 1 unspecified atom stereocenters. The van der Waals surface area contributed by atoms with E-state index in [1.165, 1.54) is 0 Å². The van der Waals surface area contributed by atoms with Gasteiger partial charge in [-0.25, -0.2) is 0 Å². The van der Waals surface area contributed by atoms with Gasteiger partial charge in [0.05, 0.1) is 20.3 Å². The van der Waals surface area contributed by atoms with Crippen molar-refractivity contribution in [3.8, 4) is 11.5 Å². The predicted molar refractivity (Wildman–Crippen MR) is 86.4 cm³/mol.